The molecule has 1 N–H and O–H groups in total. The molecule has 20 heavy (non-hydrogen) atoms. The Morgan fingerprint density at radius 3 is 2.80 bits per heavy atom. The summed E-state index contributed by atoms with van der Waals surface area (Å²) in [5.41, 5.74) is 1.81. The van der Waals surface area contributed by atoms with Crippen LogP contribution < -0.4 is 5.32 Å². The molecule has 0 bridgehead atoms. The van der Waals surface area contributed by atoms with Gasteiger partial charge in [0, 0.05) is 23.6 Å². The minimum atomic E-state index is 0.000368. The Morgan fingerprint density at radius 2 is 2.10 bits per heavy atom. The van der Waals surface area contributed by atoms with E-state index >= 15 is 0 Å². The van der Waals surface area contributed by atoms with Crippen molar-refractivity contribution in [2.24, 2.45) is 0 Å². The van der Waals surface area contributed by atoms with Gasteiger partial charge in [-0.1, -0.05) is 24.5 Å². The molecule has 0 saturated heterocycles. The van der Waals surface area contributed by atoms with Crippen LogP contribution in [0.3, 0.4) is 0 Å². The van der Waals surface area contributed by atoms with E-state index in [1.807, 2.05) is 25.1 Å². The van der Waals surface area contributed by atoms with Crippen LogP contribution in [0, 0.1) is 6.92 Å². The summed E-state index contributed by atoms with van der Waals surface area (Å²) in [6.45, 7) is 3.61. The third-order valence-corrected chi connectivity index (χ3v) is 4.76. The monoisotopic (exact) mass is 338 g/mol. The van der Waals surface area contributed by atoms with Gasteiger partial charge in [-0.3, -0.25) is 4.79 Å². The molecule has 1 aliphatic rings. The highest BCUT2D eigenvalue weighted by atomic mass is 79.9. The number of hydrogen-bond donors (Lipinski definition) is 1. The molecule has 1 fully saturated rings. The van der Waals surface area contributed by atoms with Gasteiger partial charge in [-0.05, 0) is 54.9 Å². The molecule has 0 spiro atoms. The second-order valence-electron chi connectivity index (χ2n) is 5.66. The largest absolute Gasteiger partial charge is 0.351 e. The number of halogens is 1. The average Bonchev–Trinajstić information content (AvgIpc) is 2.95. The number of aryl methyl sites for hydroxylation is 1. The summed E-state index contributed by atoms with van der Waals surface area (Å²) >= 11 is 3.43. The molecule has 1 aromatic carbocycles. The minimum absolute atomic E-state index is 0.000368. The van der Waals surface area contributed by atoms with Gasteiger partial charge in [0.2, 0.25) is 0 Å². The van der Waals surface area contributed by atoms with Crippen molar-refractivity contribution in [2.75, 3.05) is 20.1 Å². The number of hydrogen-bond acceptors (Lipinski definition) is 2. The molecule has 0 unspecified atom stereocenters. The fourth-order valence-electron chi connectivity index (χ4n) is 2.78. The molecule has 0 heterocycles. The minimum Gasteiger partial charge on any atom is -0.351 e. The summed E-state index contributed by atoms with van der Waals surface area (Å²) in [5, 5.41) is 3.01. The van der Waals surface area contributed by atoms with Gasteiger partial charge < -0.3 is 10.2 Å². The van der Waals surface area contributed by atoms with Crippen molar-refractivity contribution < 1.29 is 4.79 Å². The van der Waals surface area contributed by atoms with E-state index in [9.17, 15) is 4.79 Å². The zero-order valence-corrected chi connectivity index (χ0v) is 13.9. The van der Waals surface area contributed by atoms with E-state index < -0.39 is 0 Å². The lowest BCUT2D eigenvalue weighted by molar-refractivity contribution is 0.0946. The molecular weight excluding hydrogens is 316 g/mol. The van der Waals surface area contributed by atoms with Gasteiger partial charge in [-0.25, -0.2) is 0 Å². The van der Waals surface area contributed by atoms with Crippen molar-refractivity contribution in [3.63, 3.8) is 0 Å². The van der Waals surface area contributed by atoms with Crippen molar-refractivity contribution >= 4 is 21.8 Å². The van der Waals surface area contributed by atoms with Gasteiger partial charge in [0.15, 0.2) is 0 Å². The van der Waals surface area contributed by atoms with Crippen LogP contribution in [0.15, 0.2) is 22.7 Å². The van der Waals surface area contributed by atoms with E-state index in [1.54, 1.807) is 0 Å². The fraction of sp³-hybridized carbons (Fsp3) is 0.562. The Kier molecular flexibility index (Phi) is 5.61. The van der Waals surface area contributed by atoms with E-state index in [4.69, 9.17) is 0 Å². The number of amides is 1. The number of rotatable bonds is 5. The lowest BCUT2D eigenvalue weighted by Gasteiger charge is -2.23. The summed E-state index contributed by atoms with van der Waals surface area (Å²) in [6.07, 6.45) is 5.29. The predicted octanol–water partition coefficient (Wildman–Crippen LogP) is 3.36. The zero-order valence-electron chi connectivity index (χ0n) is 12.3. The predicted molar refractivity (Wildman–Crippen MR) is 86.1 cm³/mol. The number of nitrogens with zero attached hydrogens (tertiary/aromatic N) is 1. The van der Waals surface area contributed by atoms with E-state index in [2.05, 4.69) is 33.2 Å². The van der Waals surface area contributed by atoms with Gasteiger partial charge in [-0.15, -0.1) is 0 Å². The zero-order chi connectivity index (χ0) is 14.5. The average molecular weight is 339 g/mol. The van der Waals surface area contributed by atoms with Gasteiger partial charge in [0.25, 0.3) is 5.91 Å². The van der Waals surface area contributed by atoms with E-state index in [0.29, 0.717) is 18.2 Å². The van der Waals surface area contributed by atoms with Crippen molar-refractivity contribution in [3.8, 4) is 0 Å². The fourth-order valence-corrected chi connectivity index (χ4v) is 3.21. The van der Waals surface area contributed by atoms with Crippen molar-refractivity contribution in [3.05, 3.63) is 33.8 Å². The molecule has 1 saturated carbocycles. The van der Waals surface area contributed by atoms with E-state index in [-0.39, 0.29) is 5.91 Å². The summed E-state index contributed by atoms with van der Waals surface area (Å²) in [7, 11) is 2.16. The highest BCUT2D eigenvalue weighted by Gasteiger charge is 2.19. The van der Waals surface area contributed by atoms with Crippen molar-refractivity contribution in [1.29, 1.82) is 0 Å². The standard InChI is InChI=1S/C16H23BrN2O/c1-12-7-8-15(17)14(11-12)16(20)18-9-10-19(2)13-5-3-4-6-13/h7-8,11,13H,3-6,9-10H2,1-2H3,(H,18,20). The SMILES string of the molecule is Cc1ccc(Br)c(C(=O)NCCN(C)C2CCCC2)c1. The molecule has 0 aliphatic heterocycles. The van der Waals surface area contributed by atoms with Crippen LogP contribution in [-0.4, -0.2) is 37.0 Å². The number of nitrogens with one attached hydrogen (secondary N) is 1. The maximum Gasteiger partial charge on any atom is 0.252 e. The highest BCUT2D eigenvalue weighted by molar-refractivity contribution is 9.10. The number of carbonyl (C=O) groups is 1. The third kappa shape index (κ3) is 4.06. The molecule has 0 aromatic heterocycles. The smallest absolute Gasteiger partial charge is 0.252 e. The maximum atomic E-state index is 12.2. The van der Waals surface area contributed by atoms with E-state index in [1.165, 1.54) is 25.7 Å². The van der Waals surface area contributed by atoms with Gasteiger partial charge in [-0.2, -0.15) is 0 Å². The van der Waals surface area contributed by atoms with Gasteiger partial charge in [0.05, 0.1) is 5.56 Å². The Morgan fingerprint density at radius 1 is 1.40 bits per heavy atom. The second-order valence-corrected chi connectivity index (χ2v) is 6.51. The van der Waals surface area contributed by atoms with Gasteiger partial charge in [0.1, 0.15) is 0 Å². The molecule has 110 valence electrons. The topological polar surface area (TPSA) is 32.3 Å². The molecule has 1 aromatic rings. The summed E-state index contributed by atoms with van der Waals surface area (Å²) in [5.74, 6) is 0.000368. The van der Waals surface area contributed by atoms with Crippen LogP contribution in [0.2, 0.25) is 0 Å². The van der Waals surface area contributed by atoms with Crippen LogP contribution >= 0.6 is 15.9 Å². The maximum absolute atomic E-state index is 12.2. The normalized spacial score (nSPS) is 15.8. The number of likely N-dealkylation sites (N-methyl/N-ethyl adjacent to an activating group) is 1. The first-order chi connectivity index (χ1) is 9.58. The molecule has 1 amide bonds. The summed E-state index contributed by atoms with van der Waals surface area (Å²) in [4.78, 5) is 14.5. The van der Waals surface area contributed by atoms with Crippen LogP contribution in [0.1, 0.15) is 41.6 Å². The molecule has 1 aliphatic carbocycles. The Labute approximate surface area is 129 Å². The third-order valence-electron chi connectivity index (χ3n) is 4.06. The van der Waals surface area contributed by atoms with E-state index in [0.717, 1.165) is 16.6 Å². The second kappa shape index (κ2) is 7.23. The van der Waals surface area contributed by atoms with Crippen molar-refractivity contribution in [2.45, 2.75) is 38.6 Å². The summed E-state index contributed by atoms with van der Waals surface area (Å²) < 4.78 is 0.852. The quantitative estimate of drug-likeness (QED) is 0.892. The lowest BCUT2D eigenvalue weighted by Crippen LogP contribution is -2.37. The number of carbonyl (C=O) groups excluding carboxylic acids is 1. The molecular formula is C16H23BrN2O. The first kappa shape index (κ1) is 15.5. The molecule has 2 rings (SSSR count). The summed E-state index contributed by atoms with van der Waals surface area (Å²) in [6, 6.07) is 6.54. The highest BCUT2D eigenvalue weighted by Crippen LogP contribution is 2.22. The molecule has 3 nitrogen and oxygen atoms in total. The van der Waals surface area contributed by atoms with Gasteiger partial charge >= 0.3 is 0 Å². The Balaban J connectivity index is 1.81. The lowest BCUT2D eigenvalue weighted by atomic mass is 10.1. The van der Waals surface area contributed by atoms with Crippen LogP contribution in [-0.2, 0) is 0 Å². The van der Waals surface area contributed by atoms with Crippen molar-refractivity contribution in [1.82, 2.24) is 10.2 Å². The first-order valence-electron chi connectivity index (χ1n) is 7.32. The molecule has 4 heteroatoms. The Bertz CT molecular complexity index is 470. The number of benzene rings is 1. The first-order valence-corrected chi connectivity index (χ1v) is 8.12. The van der Waals surface area contributed by atoms with Crippen LogP contribution in [0.5, 0.6) is 0 Å². The van der Waals surface area contributed by atoms with Crippen LogP contribution in [0.25, 0.3) is 0 Å². The Hall–Kier alpha value is -0.870. The molecule has 0 radical (unpaired) electrons. The molecule has 0 atom stereocenters. The van der Waals surface area contributed by atoms with Crippen LogP contribution in [0.4, 0.5) is 0 Å².